The molecule has 0 fully saturated rings. The number of rotatable bonds is 5. The Bertz CT molecular complexity index is 1100. The minimum Gasteiger partial charge on any atom is -0.326 e. The Balaban J connectivity index is 1.81. The monoisotopic (exact) mass is 362 g/mol. The van der Waals surface area contributed by atoms with Gasteiger partial charge in [0.15, 0.2) is 5.78 Å². The Labute approximate surface area is 157 Å². The number of ketones is 1. The van der Waals surface area contributed by atoms with E-state index in [4.69, 9.17) is 0 Å². The van der Waals surface area contributed by atoms with Crippen molar-refractivity contribution in [3.8, 4) is 0 Å². The molecule has 1 aromatic heterocycles. The van der Waals surface area contributed by atoms with Gasteiger partial charge in [0.1, 0.15) is 0 Å². The van der Waals surface area contributed by atoms with Gasteiger partial charge >= 0.3 is 0 Å². The number of Topliss-reactive ketones (excluding diaryl/α,β-unsaturated/α-hetero) is 1. The lowest BCUT2D eigenvalue weighted by Crippen LogP contribution is -2.24. The number of aryl methyl sites for hydroxylation is 3. The van der Waals surface area contributed by atoms with E-state index in [-0.39, 0.29) is 23.7 Å². The number of carbonyl (C=O) groups is 2. The first kappa shape index (κ1) is 18.6. The number of nitrogens with zero attached hydrogens (tertiary/aromatic N) is 1. The topological polar surface area (TPSA) is 68.2 Å². The van der Waals surface area contributed by atoms with Gasteiger partial charge in [0.25, 0.3) is 5.56 Å². The van der Waals surface area contributed by atoms with Crippen molar-refractivity contribution in [2.24, 2.45) is 0 Å². The minimum atomic E-state index is -0.204. The first-order valence-corrected chi connectivity index (χ1v) is 8.87. The average Bonchev–Trinajstić information content (AvgIpc) is 2.62. The number of carbonyl (C=O) groups excluding carboxylic acids is 2. The van der Waals surface area contributed by atoms with Gasteiger partial charge in [-0.3, -0.25) is 14.4 Å². The Morgan fingerprint density at radius 3 is 2.48 bits per heavy atom. The fraction of sp³-hybridized carbons (Fsp3) is 0.227. The van der Waals surface area contributed by atoms with Gasteiger partial charge in [0, 0.05) is 35.7 Å². The van der Waals surface area contributed by atoms with E-state index < -0.39 is 0 Å². The molecular formula is C22H22N2O3. The summed E-state index contributed by atoms with van der Waals surface area (Å²) in [6, 6.07) is 14.3. The third-order valence-corrected chi connectivity index (χ3v) is 4.65. The summed E-state index contributed by atoms with van der Waals surface area (Å²) in [4.78, 5) is 36.3. The van der Waals surface area contributed by atoms with E-state index in [1.54, 1.807) is 34.9 Å². The summed E-state index contributed by atoms with van der Waals surface area (Å²) >= 11 is 0. The highest BCUT2D eigenvalue weighted by atomic mass is 16.2. The smallest absolute Gasteiger partial charge is 0.251 e. The molecule has 5 nitrogen and oxygen atoms in total. The molecule has 0 spiro atoms. The van der Waals surface area contributed by atoms with Crippen molar-refractivity contribution in [2.45, 2.75) is 33.7 Å². The molecule has 3 rings (SSSR count). The highest BCUT2D eigenvalue weighted by Crippen LogP contribution is 2.20. The normalized spacial score (nSPS) is 10.8. The summed E-state index contributed by atoms with van der Waals surface area (Å²) in [5.41, 5.74) is 3.81. The van der Waals surface area contributed by atoms with Gasteiger partial charge in [-0.2, -0.15) is 0 Å². The van der Waals surface area contributed by atoms with Crippen molar-refractivity contribution < 1.29 is 9.59 Å². The largest absolute Gasteiger partial charge is 0.326 e. The molecule has 0 bridgehead atoms. The van der Waals surface area contributed by atoms with Gasteiger partial charge in [-0.1, -0.05) is 30.3 Å². The lowest BCUT2D eigenvalue weighted by atomic mass is 10.1. The van der Waals surface area contributed by atoms with E-state index in [1.807, 2.05) is 32.0 Å². The summed E-state index contributed by atoms with van der Waals surface area (Å²) < 4.78 is 1.66. The van der Waals surface area contributed by atoms with E-state index in [9.17, 15) is 14.4 Å². The molecule has 0 saturated heterocycles. The Morgan fingerprint density at radius 1 is 1.00 bits per heavy atom. The van der Waals surface area contributed by atoms with Gasteiger partial charge in [0.05, 0.1) is 5.52 Å². The molecule has 0 atom stereocenters. The predicted molar refractivity (Wildman–Crippen MR) is 107 cm³/mol. The van der Waals surface area contributed by atoms with Gasteiger partial charge < -0.3 is 9.88 Å². The van der Waals surface area contributed by atoms with Crippen LogP contribution in [0, 0.1) is 13.8 Å². The Hall–Kier alpha value is -3.21. The van der Waals surface area contributed by atoms with Crippen LogP contribution in [0.3, 0.4) is 0 Å². The third kappa shape index (κ3) is 3.97. The molecule has 5 heteroatoms. The highest BCUT2D eigenvalue weighted by Gasteiger charge is 2.11. The lowest BCUT2D eigenvalue weighted by Gasteiger charge is -2.14. The van der Waals surface area contributed by atoms with Crippen LogP contribution in [0.2, 0.25) is 0 Å². The lowest BCUT2D eigenvalue weighted by molar-refractivity contribution is -0.116. The number of fused-ring (bicyclic) bond motifs is 1. The molecule has 0 aliphatic heterocycles. The van der Waals surface area contributed by atoms with Crippen LogP contribution in [-0.2, 0) is 11.3 Å². The number of hydrogen-bond donors (Lipinski definition) is 1. The van der Waals surface area contributed by atoms with E-state index in [0.29, 0.717) is 17.8 Å². The first-order valence-electron chi connectivity index (χ1n) is 8.87. The van der Waals surface area contributed by atoms with Crippen LogP contribution in [0.25, 0.3) is 10.9 Å². The van der Waals surface area contributed by atoms with Crippen molar-refractivity contribution in [3.63, 3.8) is 0 Å². The second-order valence-corrected chi connectivity index (χ2v) is 6.72. The minimum absolute atomic E-state index is 0.0562. The SMILES string of the molecule is CC(=O)c1cccc(NC(=O)CCn2c(=O)cc(C)c3cccc(C)c32)c1. The molecule has 1 heterocycles. The third-order valence-electron chi connectivity index (χ3n) is 4.65. The quantitative estimate of drug-likeness (QED) is 0.701. The molecule has 2 aromatic carbocycles. The van der Waals surface area contributed by atoms with Crippen molar-refractivity contribution in [1.82, 2.24) is 4.57 Å². The fourth-order valence-corrected chi connectivity index (χ4v) is 3.26. The molecule has 0 saturated carbocycles. The summed E-state index contributed by atoms with van der Waals surface area (Å²) in [7, 11) is 0. The van der Waals surface area contributed by atoms with Crippen molar-refractivity contribution in [1.29, 1.82) is 0 Å². The number of nitrogens with one attached hydrogen (secondary N) is 1. The molecule has 0 radical (unpaired) electrons. The number of benzene rings is 2. The van der Waals surface area contributed by atoms with E-state index in [2.05, 4.69) is 5.32 Å². The predicted octanol–water partition coefficient (Wildman–Crippen LogP) is 3.85. The zero-order chi connectivity index (χ0) is 19.6. The Kier molecular flexibility index (Phi) is 5.21. The number of amides is 1. The fourth-order valence-electron chi connectivity index (χ4n) is 3.26. The van der Waals surface area contributed by atoms with Gasteiger partial charge in [-0.25, -0.2) is 0 Å². The number of aromatic nitrogens is 1. The number of anilines is 1. The van der Waals surface area contributed by atoms with Crippen molar-refractivity contribution in [2.75, 3.05) is 5.32 Å². The molecule has 1 amide bonds. The summed E-state index contributed by atoms with van der Waals surface area (Å²) in [6.07, 6.45) is 0.163. The molecule has 0 aliphatic carbocycles. The van der Waals surface area contributed by atoms with E-state index in [1.165, 1.54) is 6.92 Å². The zero-order valence-corrected chi connectivity index (χ0v) is 15.7. The zero-order valence-electron chi connectivity index (χ0n) is 15.7. The van der Waals surface area contributed by atoms with Gasteiger partial charge in [-0.05, 0) is 44.0 Å². The molecular weight excluding hydrogens is 340 g/mol. The maximum atomic E-state index is 12.5. The Morgan fingerprint density at radius 2 is 1.74 bits per heavy atom. The maximum Gasteiger partial charge on any atom is 0.251 e. The number of para-hydroxylation sites is 1. The summed E-state index contributed by atoms with van der Waals surface area (Å²) in [6.45, 7) is 5.66. The molecule has 0 unspecified atom stereocenters. The van der Waals surface area contributed by atoms with Crippen LogP contribution in [0.1, 0.15) is 34.8 Å². The van der Waals surface area contributed by atoms with Crippen LogP contribution < -0.4 is 10.9 Å². The number of pyridine rings is 1. The van der Waals surface area contributed by atoms with Gasteiger partial charge in [0.2, 0.25) is 5.91 Å². The molecule has 27 heavy (non-hydrogen) atoms. The summed E-state index contributed by atoms with van der Waals surface area (Å²) in [5, 5.41) is 3.81. The molecule has 138 valence electrons. The standard InChI is InChI=1S/C22H22N2O3/c1-14-6-4-9-19-15(2)12-21(27)24(22(14)19)11-10-20(26)23-18-8-5-7-17(13-18)16(3)25/h4-9,12-13H,10-11H2,1-3H3,(H,23,26). The van der Waals surface area contributed by atoms with Crippen molar-refractivity contribution >= 4 is 28.3 Å². The summed E-state index contributed by atoms with van der Waals surface area (Å²) in [5.74, 6) is -0.260. The van der Waals surface area contributed by atoms with E-state index >= 15 is 0 Å². The second-order valence-electron chi connectivity index (χ2n) is 6.72. The van der Waals surface area contributed by atoms with Crippen molar-refractivity contribution in [3.05, 3.63) is 75.6 Å². The molecule has 0 aliphatic rings. The second kappa shape index (κ2) is 7.58. The molecule has 1 N–H and O–H groups in total. The van der Waals surface area contributed by atoms with E-state index in [0.717, 1.165) is 22.0 Å². The number of hydrogen-bond acceptors (Lipinski definition) is 3. The van der Waals surface area contributed by atoms with Crippen LogP contribution in [0.4, 0.5) is 5.69 Å². The van der Waals surface area contributed by atoms with Crippen LogP contribution >= 0.6 is 0 Å². The maximum absolute atomic E-state index is 12.5. The first-order chi connectivity index (χ1) is 12.9. The average molecular weight is 362 g/mol. The van der Waals surface area contributed by atoms with Crippen LogP contribution in [0.15, 0.2) is 53.3 Å². The molecule has 3 aromatic rings. The van der Waals surface area contributed by atoms with Crippen LogP contribution in [-0.4, -0.2) is 16.3 Å². The van der Waals surface area contributed by atoms with Crippen LogP contribution in [0.5, 0.6) is 0 Å². The van der Waals surface area contributed by atoms with Gasteiger partial charge in [-0.15, -0.1) is 0 Å². The highest BCUT2D eigenvalue weighted by molar-refractivity contribution is 5.97.